The fraction of sp³-hybridized carbons (Fsp3) is 0.237. The lowest BCUT2D eigenvalue weighted by Gasteiger charge is -2.37. The molecule has 0 aliphatic carbocycles. The molecule has 7 nitrogen and oxygen atoms in total. The van der Waals surface area contributed by atoms with E-state index in [1.54, 1.807) is 42.5 Å². The van der Waals surface area contributed by atoms with Gasteiger partial charge in [-0.2, -0.15) is 0 Å². The Kier molecular flexibility index (Phi) is 8.12. The third-order valence-electron chi connectivity index (χ3n) is 8.56. The average Bonchev–Trinajstić information content (AvgIpc) is 3.67. The molecular formula is C38H38N4O3. The molecular weight excluding hydrogens is 560 g/mol. The fourth-order valence-corrected chi connectivity index (χ4v) is 6.46. The molecule has 0 spiro atoms. The number of benzene rings is 4. The molecule has 1 fully saturated rings. The van der Waals surface area contributed by atoms with Crippen LogP contribution in [-0.4, -0.2) is 45.6 Å². The van der Waals surface area contributed by atoms with E-state index in [1.807, 2.05) is 66.9 Å². The number of rotatable bonds is 8. The lowest BCUT2D eigenvalue weighted by Crippen LogP contribution is -2.46. The number of ether oxygens (including phenoxy) is 1. The summed E-state index contributed by atoms with van der Waals surface area (Å²) in [6.07, 6.45) is 2.44. The van der Waals surface area contributed by atoms with Crippen molar-refractivity contribution < 1.29 is 14.3 Å². The minimum Gasteiger partial charge on any atom is -0.450 e. The van der Waals surface area contributed by atoms with Crippen molar-refractivity contribution >= 4 is 11.9 Å². The second-order valence-electron chi connectivity index (χ2n) is 12.6. The molecule has 3 atom stereocenters. The number of aromatic nitrogens is 2. The Morgan fingerprint density at radius 2 is 1.24 bits per heavy atom. The van der Waals surface area contributed by atoms with Gasteiger partial charge in [-0.15, -0.1) is 0 Å². The van der Waals surface area contributed by atoms with Gasteiger partial charge in [0, 0.05) is 13.2 Å². The molecule has 45 heavy (non-hydrogen) atoms. The highest BCUT2D eigenvalue weighted by Gasteiger charge is 2.48. The second kappa shape index (κ2) is 12.2. The number of esters is 1. The Balaban J connectivity index is 1.52. The molecule has 1 amide bonds. The quantitative estimate of drug-likeness (QED) is 0.165. The van der Waals surface area contributed by atoms with Crippen LogP contribution < -0.4 is 5.32 Å². The molecule has 0 bridgehead atoms. The largest absolute Gasteiger partial charge is 0.450 e. The number of carbonyl (C=O) groups is 2. The number of amides is 1. The Morgan fingerprint density at radius 3 is 1.69 bits per heavy atom. The van der Waals surface area contributed by atoms with Gasteiger partial charge in [0.15, 0.2) is 6.10 Å². The van der Waals surface area contributed by atoms with Gasteiger partial charge in [-0.25, -0.2) is 9.78 Å². The van der Waals surface area contributed by atoms with E-state index >= 15 is 0 Å². The Labute approximate surface area is 264 Å². The lowest BCUT2D eigenvalue weighted by molar-refractivity contribution is -0.131. The van der Waals surface area contributed by atoms with Crippen molar-refractivity contribution in [1.29, 1.82) is 0 Å². The van der Waals surface area contributed by atoms with E-state index in [1.165, 1.54) is 0 Å². The van der Waals surface area contributed by atoms with E-state index < -0.39 is 23.7 Å². The van der Waals surface area contributed by atoms with Crippen LogP contribution in [0.2, 0.25) is 0 Å². The molecule has 1 aromatic heterocycles. The molecule has 0 unspecified atom stereocenters. The smallest absolute Gasteiger partial charge is 0.338 e. The van der Waals surface area contributed by atoms with Gasteiger partial charge >= 0.3 is 5.97 Å². The summed E-state index contributed by atoms with van der Waals surface area (Å²) < 4.78 is 8.27. The van der Waals surface area contributed by atoms with Crippen LogP contribution in [0.3, 0.4) is 0 Å². The van der Waals surface area contributed by atoms with Crippen molar-refractivity contribution in [2.45, 2.75) is 44.6 Å². The van der Waals surface area contributed by atoms with Crippen LogP contribution in [0.15, 0.2) is 134 Å². The monoisotopic (exact) mass is 598 g/mol. The van der Waals surface area contributed by atoms with Gasteiger partial charge in [0.25, 0.3) is 0 Å². The maximum absolute atomic E-state index is 13.8. The summed E-state index contributed by atoms with van der Waals surface area (Å²) in [6, 6.07) is 38.8. The van der Waals surface area contributed by atoms with Crippen LogP contribution in [0.5, 0.6) is 0 Å². The van der Waals surface area contributed by atoms with Crippen LogP contribution in [0.1, 0.15) is 59.6 Å². The molecule has 0 radical (unpaired) electrons. The first-order valence-corrected chi connectivity index (χ1v) is 15.2. The molecule has 6 rings (SSSR count). The molecule has 1 aliphatic heterocycles. The third-order valence-corrected chi connectivity index (χ3v) is 8.56. The molecule has 1 saturated heterocycles. The standard InChI is InChI=1S/C38H38N4O3/c1-37(2,3)36-40-32(34(43)41(36)4)33(45-35(44)27-17-9-5-10-18-27)31-25-42(26-39-31)38(28-19-11-6-12-20-28,29-21-13-7-14-22-29)30-23-15-8-16-24-30/h5-26,32-33,36,40H,1-4H3/t32-,33+,36+/m0/s1. The van der Waals surface area contributed by atoms with E-state index in [9.17, 15) is 9.59 Å². The molecule has 2 heterocycles. The Morgan fingerprint density at radius 1 is 0.778 bits per heavy atom. The summed E-state index contributed by atoms with van der Waals surface area (Å²) in [5.74, 6) is -0.678. The zero-order valence-electron chi connectivity index (χ0n) is 26.0. The normalized spacial score (nSPS) is 17.7. The molecule has 7 heteroatoms. The molecule has 4 aromatic carbocycles. The van der Waals surface area contributed by atoms with Gasteiger partial charge in [-0.1, -0.05) is 130 Å². The number of imidazole rings is 1. The minimum atomic E-state index is -0.985. The van der Waals surface area contributed by atoms with E-state index in [-0.39, 0.29) is 17.5 Å². The SMILES string of the molecule is CN1C(=O)[C@H]([C@H](OC(=O)c2ccccc2)c2cn(C(c3ccccc3)(c3ccccc3)c3ccccc3)cn2)N[C@H]1C(C)(C)C. The number of nitrogens with zero attached hydrogens (tertiary/aromatic N) is 3. The first-order valence-electron chi connectivity index (χ1n) is 15.2. The van der Waals surface area contributed by atoms with Crippen molar-refractivity contribution in [3.05, 3.63) is 162 Å². The maximum Gasteiger partial charge on any atom is 0.338 e. The van der Waals surface area contributed by atoms with Crippen molar-refractivity contribution in [1.82, 2.24) is 19.8 Å². The summed E-state index contributed by atoms with van der Waals surface area (Å²) >= 11 is 0. The van der Waals surface area contributed by atoms with Gasteiger partial charge in [0.1, 0.15) is 17.3 Å². The number of nitrogens with one attached hydrogen (secondary N) is 1. The number of likely N-dealkylation sites (N-methyl/N-ethyl adjacent to an activating group) is 1. The number of hydrogen-bond donors (Lipinski definition) is 1. The van der Waals surface area contributed by atoms with Gasteiger partial charge in [-0.3, -0.25) is 10.1 Å². The predicted molar refractivity (Wildman–Crippen MR) is 174 cm³/mol. The summed E-state index contributed by atoms with van der Waals surface area (Å²) in [5, 5.41) is 3.48. The third kappa shape index (κ3) is 5.56. The van der Waals surface area contributed by atoms with Crippen LogP contribution >= 0.6 is 0 Å². The van der Waals surface area contributed by atoms with Crippen molar-refractivity contribution in [2.75, 3.05) is 7.05 Å². The Hall–Kier alpha value is -5.01. The van der Waals surface area contributed by atoms with Crippen LogP contribution in [-0.2, 0) is 15.1 Å². The highest BCUT2D eigenvalue weighted by atomic mass is 16.5. The van der Waals surface area contributed by atoms with Crippen LogP contribution in [0.4, 0.5) is 0 Å². The maximum atomic E-state index is 13.8. The van der Waals surface area contributed by atoms with E-state index in [2.05, 4.69) is 67.1 Å². The van der Waals surface area contributed by atoms with Gasteiger partial charge in [0.2, 0.25) is 5.91 Å². The molecule has 228 valence electrons. The predicted octanol–water partition coefficient (Wildman–Crippen LogP) is 6.42. The summed E-state index contributed by atoms with van der Waals surface area (Å²) in [5.41, 5.74) is 2.92. The molecule has 1 N–H and O–H groups in total. The van der Waals surface area contributed by atoms with Gasteiger partial charge in [0.05, 0.1) is 18.1 Å². The van der Waals surface area contributed by atoms with Crippen molar-refractivity contribution in [3.63, 3.8) is 0 Å². The topological polar surface area (TPSA) is 76.5 Å². The number of carbonyl (C=O) groups excluding carboxylic acids is 2. The summed E-state index contributed by atoms with van der Waals surface area (Å²) in [6.45, 7) is 6.22. The summed E-state index contributed by atoms with van der Waals surface area (Å²) in [4.78, 5) is 33.9. The van der Waals surface area contributed by atoms with E-state index in [0.29, 0.717) is 11.3 Å². The first-order chi connectivity index (χ1) is 21.7. The Bertz CT molecular complexity index is 1650. The molecule has 1 aliphatic rings. The zero-order chi connectivity index (χ0) is 31.6. The zero-order valence-corrected chi connectivity index (χ0v) is 26.0. The van der Waals surface area contributed by atoms with Gasteiger partial charge in [-0.05, 0) is 34.2 Å². The lowest BCUT2D eigenvalue weighted by atomic mass is 9.77. The minimum absolute atomic E-state index is 0.157. The van der Waals surface area contributed by atoms with E-state index in [4.69, 9.17) is 9.72 Å². The highest BCUT2D eigenvalue weighted by molar-refractivity contribution is 5.90. The van der Waals surface area contributed by atoms with Crippen LogP contribution in [0.25, 0.3) is 0 Å². The average molecular weight is 599 g/mol. The van der Waals surface area contributed by atoms with Crippen molar-refractivity contribution in [2.24, 2.45) is 5.41 Å². The first kappa shape index (κ1) is 30.0. The van der Waals surface area contributed by atoms with Gasteiger partial charge < -0.3 is 14.2 Å². The van der Waals surface area contributed by atoms with E-state index in [0.717, 1.165) is 16.7 Å². The molecule has 5 aromatic rings. The van der Waals surface area contributed by atoms with Crippen LogP contribution in [0, 0.1) is 5.41 Å². The second-order valence-corrected chi connectivity index (χ2v) is 12.6. The fourth-order valence-electron chi connectivity index (χ4n) is 6.46. The highest BCUT2D eigenvalue weighted by Crippen LogP contribution is 2.42. The molecule has 0 saturated carbocycles. The van der Waals surface area contributed by atoms with Crippen molar-refractivity contribution in [3.8, 4) is 0 Å². The number of hydrogen-bond acceptors (Lipinski definition) is 5. The summed E-state index contributed by atoms with van der Waals surface area (Å²) in [7, 11) is 1.78.